The number of hydrogen-bond donors (Lipinski definition) is 1. The highest BCUT2D eigenvalue weighted by Gasteiger charge is 2.19. The monoisotopic (exact) mass is 255 g/mol. The standard InChI is InChI=1S/C11H17N3S2/c1-5-7-15-8-6-12-10-13-9(14-16-10)11(2,3)4/h1H,6-8H2,2-4H3,(H,12,13,14). The SMILES string of the molecule is C#CCSCCNc1nc(C(C)(C)C)ns1. The molecule has 0 amide bonds. The maximum Gasteiger partial charge on any atom is 0.202 e. The quantitative estimate of drug-likeness (QED) is 0.648. The van der Waals surface area contributed by atoms with Crippen molar-refractivity contribution in [1.29, 1.82) is 0 Å². The number of aromatic nitrogens is 2. The Bertz CT molecular complexity index is 360. The number of terminal acetylenes is 1. The van der Waals surface area contributed by atoms with Gasteiger partial charge >= 0.3 is 0 Å². The van der Waals surface area contributed by atoms with E-state index in [0.717, 1.165) is 29.0 Å². The van der Waals surface area contributed by atoms with Crippen LogP contribution in [0, 0.1) is 12.3 Å². The molecule has 0 radical (unpaired) electrons. The Kier molecular flexibility index (Phi) is 5.10. The van der Waals surface area contributed by atoms with Crippen molar-refractivity contribution in [3.63, 3.8) is 0 Å². The van der Waals surface area contributed by atoms with Gasteiger partial charge in [-0.25, -0.2) is 4.98 Å². The first-order valence-corrected chi connectivity index (χ1v) is 7.06. The molecule has 1 N–H and O–H groups in total. The van der Waals surface area contributed by atoms with Crippen LogP contribution in [0.2, 0.25) is 0 Å². The lowest BCUT2D eigenvalue weighted by molar-refractivity contribution is 0.555. The fourth-order valence-electron chi connectivity index (χ4n) is 0.961. The van der Waals surface area contributed by atoms with Gasteiger partial charge in [0.15, 0.2) is 0 Å². The molecule has 3 nitrogen and oxygen atoms in total. The summed E-state index contributed by atoms with van der Waals surface area (Å²) in [5.74, 6) is 5.26. The second-order valence-corrected chi connectivity index (χ2v) is 6.21. The molecular weight excluding hydrogens is 238 g/mol. The van der Waals surface area contributed by atoms with Crippen LogP contribution in [0.4, 0.5) is 5.13 Å². The molecule has 0 aromatic carbocycles. The highest BCUT2D eigenvalue weighted by Crippen LogP contribution is 2.22. The third-order valence-electron chi connectivity index (χ3n) is 1.80. The Labute approximate surface area is 106 Å². The summed E-state index contributed by atoms with van der Waals surface area (Å²) >= 11 is 3.16. The summed E-state index contributed by atoms with van der Waals surface area (Å²) in [4.78, 5) is 4.45. The molecule has 88 valence electrons. The molecule has 0 bridgehead atoms. The minimum Gasteiger partial charge on any atom is -0.359 e. The van der Waals surface area contributed by atoms with Gasteiger partial charge in [-0.2, -0.15) is 4.37 Å². The van der Waals surface area contributed by atoms with Crippen LogP contribution in [0.25, 0.3) is 0 Å². The van der Waals surface area contributed by atoms with Gasteiger partial charge in [-0.3, -0.25) is 0 Å². The van der Waals surface area contributed by atoms with Gasteiger partial charge < -0.3 is 5.32 Å². The lowest BCUT2D eigenvalue weighted by atomic mass is 9.96. The van der Waals surface area contributed by atoms with Crippen molar-refractivity contribution in [2.45, 2.75) is 26.2 Å². The van der Waals surface area contributed by atoms with Crippen LogP contribution in [-0.4, -0.2) is 27.4 Å². The van der Waals surface area contributed by atoms with Crippen LogP contribution < -0.4 is 5.32 Å². The highest BCUT2D eigenvalue weighted by atomic mass is 32.2. The summed E-state index contributed by atoms with van der Waals surface area (Å²) < 4.78 is 4.33. The van der Waals surface area contributed by atoms with Gasteiger partial charge in [-0.15, -0.1) is 18.2 Å². The topological polar surface area (TPSA) is 37.8 Å². The van der Waals surface area contributed by atoms with Crippen LogP contribution >= 0.6 is 23.3 Å². The molecule has 0 spiro atoms. The van der Waals surface area contributed by atoms with Crippen molar-refractivity contribution in [2.24, 2.45) is 0 Å². The summed E-state index contributed by atoms with van der Waals surface area (Å²) in [6.45, 7) is 7.22. The molecule has 1 heterocycles. The predicted octanol–water partition coefficient (Wildman–Crippen LogP) is 2.61. The van der Waals surface area contributed by atoms with Gasteiger partial charge in [-0.1, -0.05) is 26.7 Å². The predicted molar refractivity (Wildman–Crippen MR) is 73.3 cm³/mol. The Balaban J connectivity index is 2.33. The van der Waals surface area contributed by atoms with Crippen molar-refractivity contribution in [1.82, 2.24) is 9.36 Å². The van der Waals surface area contributed by atoms with E-state index in [1.54, 1.807) is 11.8 Å². The second kappa shape index (κ2) is 6.12. The molecule has 1 aromatic heterocycles. The van der Waals surface area contributed by atoms with E-state index in [0.29, 0.717) is 0 Å². The average Bonchev–Trinajstić information content (AvgIpc) is 2.65. The van der Waals surface area contributed by atoms with E-state index in [-0.39, 0.29) is 5.41 Å². The normalized spacial score (nSPS) is 11.1. The van der Waals surface area contributed by atoms with Crippen molar-refractivity contribution in [2.75, 3.05) is 23.4 Å². The lowest BCUT2D eigenvalue weighted by Crippen LogP contribution is -2.13. The van der Waals surface area contributed by atoms with Gasteiger partial charge in [0.1, 0.15) is 5.82 Å². The van der Waals surface area contributed by atoms with Gasteiger partial charge in [0.25, 0.3) is 0 Å². The van der Waals surface area contributed by atoms with E-state index in [4.69, 9.17) is 6.42 Å². The van der Waals surface area contributed by atoms with E-state index >= 15 is 0 Å². The number of nitrogens with zero attached hydrogens (tertiary/aromatic N) is 2. The molecule has 0 aliphatic carbocycles. The van der Waals surface area contributed by atoms with Crippen molar-refractivity contribution < 1.29 is 0 Å². The third-order valence-corrected chi connectivity index (χ3v) is 3.34. The van der Waals surface area contributed by atoms with E-state index in [2.05, 4.69) is 41.4 Å². The maximum absolute atomic E-state index is 5.16. The van der Waals surface area contributed by atoms with Gasteiger partial charge in [0, 0.05) is 29.2 Å². The zero-order valence-electron chi connectivity index (χ0n) is 9.91. The summed E-state index contributed by atoms with van der Waals surface area (Å²) in [6, 6.07) is 0. The summed E-state index contributed by atoms with van der Waals surface area (Å²) in [7, 11) is 0. The van der Waals surface area contributed by atoms with Gasteiger partial charge in [0.05, 0.1) is 5.75 Å². The Morgan fingerprint density at radius 3 is 2.81 bits per heavy atom. The fourth-order valence-corrected chi connectivity index (χ4v) is 2.25. The summed E-state index contributed by atoms with van der Waals surface area (Å²) in [6.07, 6.45) is 5.16. The number of hydrogen-bond acceptors (Lipinski definition) is 5. The molecular formula is C11H17N3S2. The summed E-state index contributed by atoms with van der Waals surface area (Å²) in [5.41, 5.74) is 0.0225. The molecule has 0 saturated heterocycles. The van der Waals surface area contributed by atoms with Gasteiger partial charge in [-0.05, 0) is 0 Å². The molecule has 1 rings (SSSR count). The zero-order valence-corrected chi connectivity index (χ0v) is 11.5. The molecule has 0 fully saturated rings. The number of rotatable bonds is 5. The zero-order chi connectivity index (χ0) is 12.0. The Hall–Kier alpha value is -0.730. The van der Waals surface area contributed by atoms with E-state index in [1.165, 1.54) is 11.5 Å². The minimum absolute atomic E-state index is 0.0225. The highest BCUT2D eigenvalue weighted by molar-refractivity contribution is 7.99. The average molecular weight is 255 g/mol. The first-order chi connectivity index (χ1) is 7.54. The molecule has 0 atom stereocenters. The number of nitrogens with one attached hydrogen (secondary N) is 1. The van der Waals surface area contributed by atoms with Crippen LogP contribution in [0.5, 0.6) is 0 Å². The lowest BCUT2D eigenvalue weighted by Gasteiger charge is -2.12. The molecule has 0 aliphatic heterocycles. The largest absolute Gasteiger partial charge is 0.359 e. The molecule has 5 heteroatoms. The smallest absolute Gasteiger partial charge is 0.202 e. The molecule has 1 aromatic rings. The fraction of sp³-hybridized carbons (Fsp3) is 0.636. The molecule has 16 heavy (non-hydrogen) atoms. The molecule has 0 aliphatic rings. The van der Waals surface area contributed by atoms with Crippen molar-refractivity contribution >= 4 is 28.4 Å². The van der Waals surface area contributed by atoms with E-state index < -0.39 is 0 Å². The van der Waals surface area contributed by atoms with Crippen molar-refractivity contribution in [3.05, 3.63) is 5.82 Å². The maximum atomic E-state index is 5.16. The van der Waals surface area contributed by atoms with Crippen LogP contribution in [0.15, 0.2) is 0 Å². The van der Waals surface area contributed by atoms with Gasteiger partial charge in [0.2, 0.25) is 5.13 Å². The Morgan fingerprint density at radius 2 is 2.25 bits per heavy atom. The molecule has 0 saturated carbocycles. The third kappa shape index (κ3) is 4.42. The van der Waals surface area contributed by atoms with E-state index in [1.807, 2.05) is 0 Å². The summed E-state index contributed by atoms with van der Waals surface area (Å²) in [5, 5.41) is 4.15. The van der Waals surface area contributed by atoms with Crippen LogP contribution in [-0.2, 0) is 5.41 Å². The second-order valence-electron chi connectivity index (χ2n) is 4.36. The van der Waals surface area contributed by atoms with Crippen LogP contribution in [0.1, 0.15) is 26.6 Å². The molecule has 0 unspecified atom stereocenters. The van der Waals surface area contributed by atoms with Crippen LogP contribution in [0.3, 0.4) is 0 Å². The first-order valence-electron chi connectivity index (χ1n) is 5.13. The number of anilines is 1. The Morgan fingerprint density at radius 1 is 1.50 bits per heavy atom. The number of thioether (sulfide) groups is 1. The van der Waals surface area contributed by atoms with E-state index in [9.17, 15) is 0 Å². The minimum atomic E-state index is 0.0225. The first kappa shape index (κ1) is 13.3. The van der Waals surface area contributed by atoms with Crippen molar-refractivity contribution in [3.8, 4) is 12.3 Å².